The van der Waals surface area contributed by atoms with Gasteiger partial charge in [0.2, 0.25) is 0 Å². The minimum absolute atomic E-state index is 0.0346. The number of benzene rings is 3. The molecule has 55 heavy (non-hydrogen) atoms. The van der Waals surface area contributed by atoms with Crippen molar-refractivity contribution in [3.63, 3.8) is 0 Å². The number of carbonyl (C=O) groups excluding carboxylic acids is 6. The van der Waals surface area contributed by atoms with Gasteiger partial charge in [0.1, 0.15) is 6.29 Å². The molecule has 3 rings (SSSR count). The molecule has 13 nitrogen and oxygen atoms in total. The Labute approximate surface area is 332 Å². The van der Waals surface area contributed by atoms with Crippen LogP contribution in [0.2, 0.25) is 0 Å². The molecule has 0 heterocycles. The van der Waals surface area contributed by atoms with Gasteiger partial charge in [0.05, 0.1) is 35.2 Å². The first-order chi connectivity index (χ1) is 25.3. The summed E-state index contributed by atoms with van der Waals surface area (Å²) in [7, 11) is 0. The van der Waals surface area contributed by atoms with Crippen molar-refractivity contribution in [2.24, 2.45) is 5.73 Å². The van der Waals surface area contributed by atoms with Crippen LogP contribution in [0.4, 0.5) is 0 Å². The Morgan fingerprint density at radius 2 is 0.836 bits per heavy atom. The van der Waals surface area contributed by atoms with Gasteiger partial charge in [0.15, 0.2) is 17.3 Å². The molecule has 0 unspecified atom stereocenters. The highest BCUT2D eigenvalue weighted by Gasteiger charge is 2.21. The van der Waals surface area contributed by atoms with Crippen LogP contribution in [-0.4, -0.2) is 91.9 Å². The van der Waals surface area contributed by atoms with Crippen molar-refractivity contribution in [1.82, 2.24) is 10.6 Å². The van der Waals surface area contributed by atoms with E-state index in [9.17, 15) is 33.6 Å². The predicted octanol–water partition coefficient (Wildman–Crippen LogP) is 5.71. The number of hydrogen-bond donors (Lipinski definition) is 6. The lowest BCUT2D eigenvalue weighted by molar-refractivity contribution is -0.112. The van der Waals surface area contributed by atoms with Gasteiger partial charge in [-0.15, -0.1) is 23.2 Å². The number of aliphatic hydroxyl groups excluding tert-OH is 2. The molecule has 2 amide bonds. The van der Waals surface area contributed by atoms with Crippen molar-refractivity contribution in [3.05, 3.63) is 106 Å². The zero-order valence-electron chi connectivity index (χ0n) is 32.7. The highest BCUT2D eigenvalue weighted by atomic mass is 35.5. The third kappa shape index (κ3) is 23.6. The van der Waals surface area contributed by atoms with Crippen LogP contribution in [-0.2, 0) is 4.79 Å². The van der Waals surface area contributed by atoms with E-state index in [2.05, 4.69) is 10.6 Å². The summed E-state index contributed by atoms with van der Waals surface area (Å²) in [6.07, 6.45) is 0.675. The second-order valence-corrected chi connectivity index (χ2v) is 14.6. The first-order valence-electron chi connectivity index (χ1n) is 16.6. The van der Waals surface area contributed by atoms with E-state index in [1.54, 1.807) is 90.1 Å². The van der Waals surface area contributed by atoms with Crippen LogP contribution in [0.5, 0.6) is 0 Å². The number of halogens is 2. The first kappa shape index (κ1) is 52.3. The van der Waals surface area contributed by atoms with Crippen LogP contribution in [0.25, 0.3) is 0 Å². The lowest BCUT2D eigenvalue weighted by Crippen LogP contribution is -2.46. The van der Waals surface area contributed by atoms with Crippen molar-refractivity contribution in [2.45, 2.75) is 78.9 Å². The summed E-state index contributed by atoms with van der Waals surface area (Å²) in [6.45, 7) is 14.5. The summed E-state index contributed by atoms with van der Waals surface area (Å²) in [5, 5.41) is 31.3. The summed E-state index contributed by atoms with van der Waals surface area (Å²) in [4.78, 5) is 77.5. The summed E-state index contributed by atoms with van der Waals surface area (Å²) in [6, 6.07) is 18.6. The molecule has 0 aliphatic heterocycles. The van der Waals surface area contributed by atoms with Gasteiger partial charge < -0.3 is 36.5 Å². The maximum atomic E-state index is 11.8. The lowest BCUT2D eigenvalue weighted by Gasteiger charge is -2.23. The largest absolute Gasteiger partial charge is 0.478 e. The Bertz CT molecular complexity index is 1670. The van der Waals surface area contributed by atoms with Crippen LogP contribution in [0.1, 0.15) is 124 Å². The topological polar surface area (TPSA) is 230 Å². The number of nitrogens with two attached hydrogens (primary N) is 1. The van der Waals surface area contributed by atoms with Crippen molar-refractivity contribution in [2.75, 3.05) is 18.6 Å². The molecule has 0 fully saturated rings. The third-order valence-electron chi connectivity index (χ3n) is 6.63. The molecule has 0 bridgehead atoms. The number of hydrogen-bond acceptors (Lipinski definition) is 10. The van der Waals surface area contributed by atoms with Gasteiger partial charge in [-0.1, -0.05) is 36.4 Å². The summed E-state index contributed by atoms with van der Waals surface area (Å²) < 4.78 is 0. The maximum absolute atomic E-state index is 11.8. The Morgan fingerprint density at radius 3 is 1.05 bits per heavy atom. The van der Waals surface area contributed by atoms with E-state index in [4.69, 9.17) is 44.3 Å². The van der Waals surface area contributed by atoms with Gasteiger partial charge >= 0.3 is 5.97 Å². The smallest absolute Gasteiger partial charge is 0.335 e. The van der Waals surface area contributed by atoms with Crippen LogP contribution in [0.3, 0.4) is 0 Å². The van der Waals surface area contributed by atoms with Gasteiger partial charge in [-0.25, -0.2) is 4.79 Å². The van der Waals surface area contributed by atoms with Crippen LogP contribution in [0.15, 0.2) is 72.8 Å². The SMILES string of the molecule is CC(=O)c1ccc(C(=O)NC(C)(C)C=O)cc1.CC(=O)c1ccc(C(=O)NC(C)(C)CO)cc1.CC(=O)c1ccc(C(=O)O)cc1.CC(C)(N)CO.ClCCl. The third-order valence-corrected chi connectivity index (χ3v) is 6.63. The Kier molecular flexibility index (Phi) is 24.1. The van der Waals surface area contributed by atoms with Crippen LogP contribution >= 0.6 is 23.2 Å². The fraction of sp³-hybridized carbons (Fsp3) is 0.375. The highest BCUT2D eigenvalue weighted by molar-refractivity contribution is 6.40. The molecule has 0 radical (unpaired) electrons. The van der Waals surface area contributed by atoms with E-state index in [-0.39, 0.29) is 53.3 Å². The second kappa shape index (κ2) is 25.3. The molecule has 15 heteroatoms. The number of aldehydes is 1. The average Bonchev–Trinajstić information content (AvgIpc) is 3.12. The quantitative estimate of drug-likeness (QED) is 0.0781. The van der Waals surface area contributed by atoms with E-state index in [1.165, 1.54) is 45.0 Å². The summed E-state index contributed by atoms with van der Waals surface area (Å²) in [5.41, 5.74) is 6.07. The number of carboxylic acids is 1. The van der Waals surface area contributed by atoms with Crippen LogP contribution < -0.4 is 16.4 Å². The molecule has 0 saturated heterocycles. The first-order valence-corrected chi connectivity index (χ1v) is 17.7. The van der Waals surface area contributed by atoms with Gasteiger partial charge in [-0.3, -0.25) is 24.0 Å². The molecule has 0 atom stereocenters. The number of nitrogens with one attached hydrogen (secondary N) is 2. The number of rotatable bonds is 11. The fourth-order valence-corrected chi connectivity index (χ4v) is 3.37. The van der Waals surface area contributed by atoms with E-state index in [1.807, 2.05) is 0 Å². The van der Waals surface area contributed by atoms with Gasteiger partial charge in [0, 0.05) is 33.4 Å². The Hall–Kier alpha value is -4.79. The van der Waals surface area contributed by atoms with Crippen molar-refractivity contribution < 1.29 is 48.9 Å². The number of amides is 2. The predicted molar refractivity (Wildman–Crippen MR) is 214 cm³/mol. The molecule has 0 spiro atoms. The number of ketones is 3. The molecule has 0 saturated carbocycles. The molecular formula is C40H53Cl2N3O10. The minimum atomic E-state index is -0.981. The highest BCUT2D eigenvalue weighted by Crippen LogP contribution is 2.09. The molecule has 0 aliphatic rings. The summed E-state index contributed by atoms with van der Waals surface area (Å²) >= 11 is 9.53. The molecule has 3 aromatic rings. The molecule has 0 aliphatic carbocycles. The number of aliphatic hydroxyl groups is 2. The average molecular weight is 807 g/mol. The zero-order chi connectivity index (χ0) is 43.2. The Balaban J connectivity index is 0. The maximum Gasteiger partial charge on any atom is 0.335 e. The van der Waals surface area contributed by atoms with E-state index in [0.29, 0.717) is 34.1 Å². The number of carbonyl (C=O) groups is 7. The number of Topliss-reactive ketones (excluding diaryl/α,β-unsaturated/α-hetero) is 3. The van der Waals surface area contributed by atoms with Gasteiger partial charge in [-0.2, -0.15) is 0 Å². The Morgan fingerprint density at radius 1 is 0.582 bits per heavy atom. The number of alkyl halides is 2. The lowest BCUT2D eigenvalue weighted by atomic mass is 10.0. The fourth-order valence-electron chi connectivity index (χ4n) is 3.37. The number of aromatic carboxylic acids is 1. The van der Waals surface area contributed by atoms with Gasteiger partial charge in [0.25, 0.3) is 11.8 Å². The number of carboxylic acid groups (broad SMARTS) is 1. The molecular weight excluding hydrogens is 753 g/mol. The van der Waals surface area contributed by atoms with Gasteiger partial charge in [-0.05, 0) is 98.7 Å². The molecule has 3 aromatic carbocycles. The second-order valence-electron chi connectivity index (χ2n) is 13.7. The summed E-state index contributed by atoms with van der Waals surface area (Å²) in [5.74, 6) is -1.73. The zero-order valence-corrected chi connectivity index (χ0v) is 34.2. The monoisotopic (exact) mass is 805 g/mol. The van der Waals surface area contributed by atoms with E-state index >= 15 is 0 Å². The van der Waals surface area contributed by atoms with E-state index in [0.717, 1.165) is 0 Å². The normalized spacial score (nSPS) is 10.4. The van der Waals surface area contributed by atoms with Crippen LogP contribution in [0, 0.1) is 0 Å². The van der Waals surface area contributed by atoms with Crippen molar-refractivity contribution >= 4 is 64.6 Å². The van der Waals surface area contributed by atoms with Crippen molar-refractivity contribution in [1.29, 1.82) is 0 Å². The van der Waals surface area contributed by atoms with Crippen molar-refractivity contribution in [3.8, 4) is 0 Å². The minimum Gasteiger partial charge on any atom is -0.478 e. The molecule has 302 valence electrons. The standard InChI is InChI=1S/C13H17NO3.C13H15NO3.C9H8O3.C4H11NO.CH2Cl2/c2*1-9(16)10-4-6-11(7-5-10)12(17)14-13(2,3)8-15;1-6(10)7-2-4-8(5-3-7)9(11)12;1-4(2,5)3-6;2-1-3/h4-7,15H,8H2,1-3H3,(H,14,17);4-8H,1-3H3,(H,14,17);2-5H,1H3,(H,11,12);6H,3,5H2,1-2H3;1H2. The van der Waals surface area contributed by atoms with E-state index < -0.39 is 22.6 Å². The molecule has 7 N–H and O–H groups in total. The molecule has 0 aromatic heterocycles.